The molecule has 0 spiro atoms. The molecule has 0 saturated carbocycles. The average molecular weight is 292 g/mol. The van der Waals surface area contributed by atoms with Crippen molar-refractivity contribution in [2.75, 3.05) is 0 Å². The Morgan fingerprint density at radius 3 is 2.09 bits per heavy atom. The molecule has 0 aliphatic rings. The lowest BCUT2D eigenvalue weighted by molar-refractivity contribution is 0.0328. The summed E-state index contributed by atoms with van der Waals surface area (Å²) in [5.74, 6) is -0.228. The maximum atomic E-state index is 12.7. The molecule has 0 bridgehead atoms. The number of carbonyl (C=O) groups is 1. The lowest BCUT2D eigenvalue weighted by Crippen LogP contribution is -2.15. The smallest absolute Gasteiger partial charge is 0.339 e. The summed E-state index contributed by atoms with van der Waals surface area (Å²) in [4.78, 5) is 12.7. The number of esters is 1. The van der Waals surface area contributed by atoms with E-state index in [1.807, 2.05) is 55.5 Å². The number of hydrogen-bond donors (Lipinski definition) is 0. The van der Waals surface area contributed by atoms with Gasteiger partial charge in [0.1, 0.15) is 0 Å². The summed E-state index contributed by atoms with van der Waals surface area (Å²) in [5.41, 5.74) is 0.677. The SMILES string of the molecule is CCC[C@H](C)OC(=O)c1c2ccccc2cc2ccccc12. The van der Waals surface area contributed by atoms with Gasteiger partial charge < -0.3 is 4.74 Å². The van der Waals surface area contributed by atoms with Gasteiger partial charge in [-0.15, -0.1) is 0 Å². The summed E-state index contributed by atoms with van der Waals surface area (Å²) in [5, 5.41) is 4.04. The molecular weight excluding hydrogens is 272 g/mol. The minimum atomic E-state index is -0.228. The number of rotatable bonds is 4. The van der Waals surface area contributed by atoms with Crippen molar-refractivity contribution in [3.8, 4) is 0 Å². The van der Waals surface area contributed by atoms with E-state index in [-0.39, 0.29) is 12.1 Å². The maximum Gasteiger partial charge on any atom is 0.339 e. The van der Waals surface area contributed by atoms with Crippen LogP contribution in [0.3, 0.4) is 0 Å². The quantitative estimate of drug-likeness (QED) is 0.479. The molecule has 0 aliphatic heterocycles. The van der Waals surface area contributed by atoms with Crippen molar-refractivity contribution in [3.05, 3.63) is 60.2 Å². The zero-order chi connectivity index (χ0) is 15.5. The van der Waals surface area contributed by atoms with Crippen molar-refractivity contribution in [2.45, 2.75) is 32.8 Å². The summed E-state index contributed by atoms with van der Waals surface area (Å²) in [6.45, 7) is 4.05. The van der Waals surface area contributed by atoms with E-state index >= 15 is 0 Å². The molecule has 3 rings (SSSR count). The molecular formula is C20H20O2. The van der Waals surface area contributed by atoms with Gasteiger partial charge in [-0.2, -0.15) is 0 Å². The topological polar surface area (TPSA) is 26.3 Å². The van der Waals surface area contributed by atoms with Gasteiger partial charge in [0.2, 0.25) is 0 Å². The van der Waals surface area contributed by atoms with Crippen molar-refractivity contribution < 1.29 is 9.53 Å². The standard InChI is InChI=1S/C20H20O2/c1-3-8-14(2)22-20(21)19-17-11-6-4-9-15(17)13-16-10-5-7-12-18(16)19/h4-7,9-14H,3,8H2,1-2H3/t14-/m0/s1. The molecule has 0 radical (unpaired) electrons. The number of ether oxygens (including phenoxy) is 1. The second-order valence-electron chi connectivity index (χ2n) is 5.70. The molecule has 2 heteroatoms. The fraction of sp³-hybridized carbons (Fsp3) is 0.250. The second kappa shape index (κ2) is 6.18. The lowest BCUT2D eigenvalue weighted by Gasteiger charge is -2.15. The minimum absolute atomic E-state index is 0.0600. The Labute approximate surface area is 130 Å². The zero-order valence-corrected chi connectivity index (χ0v) is 13.0. The van der Waals surface area contributed by atoms with Crippen LogP contribution >= 0.6 is 0 Å². The molecule has 0 aliphatic carbocycles. The van der Waals surface area contributed by atoms with Crippen LogP contribution < -0.4 is 0 Å². The fourth-order valence-electron chi connectivity index (χ4n) is 2.94. The van der Waals surface area contributed by atoms with Crippen molar-refractivity contribution in [1.82, 2.24) is 0 Å². The Hall–Kier alpha value is -2.35. The monoisotopic (exact) mass is 292 g/mol. The Balaban J connectivity index is 2.17. The molecule has 3 aromatic carbocycles. The summed E-state index contributed by atoms with van der Waals surface area (Å²) in [6, 6.07) is 18.1. The molecule has 0 aromatic heterocycles. The van der Waals surface area contributed by atoms with Gasteiger partial charge >= 0.3 is 5.97 Å². The van der Waals surface area contributed by atoms with E-state index < -0.39 is 0 Å². The van der Waals surface area contributed by atoms with Gasteiger partial charge in [0, 0.05) is 0 Å². The number of hydrogen-bond acceptors (Lipinski definition) is 2. The third-order valence-electron chi connectivity index (χ3n) is 3.98. The largest absolute Gasteiger partial charge is 0.459 e. The van der Waals surface area contributed by atoms with Gasteiger partial charge in [0.05, 0.1) is 11.7 Å². The van der Waals surface area contributed by atoms with Crippen LogP contribution in [0.5, 0.6) is 0 Å². The first-order valence-electron chi connectivity index (χ1n) is 7.82. The number of carbonyl (C=O) groups excluding carboxylic acids is 1. The Kier molecular flexibility index (Phi) is 4.10. The van der Waals surface area contributed by atoms with Crippen LogP contribution in [-0.2, 0) is 4.74 Å². The molecule has 3 aromatic rings. The Morgan fingerprint density at radius 1 is 1.00 bits per heavy atom. The van der Waals surface area contributed by atoms with Gasteiger partial charge in [-0.1, -0.05) is 61.9 Å². The van der Waals surface area contributed by atoms with E-state index in [1.54, 1.807) is 0 Å². The average Bonchev–Trinajstić information content (AvgIpc) is 2.52. The predicted molar refractivity (Wildman–Crippen MR) is 91.2 cm³/mol. The first kappa shape index (κ1) is 14.6. The van der Waals surface area contributed by atoms with E-state index in [1.165, 1.54) is 0 Å². The lowest BCUT2D eigenvalue weighted by atomic mass is 9.97. The van der Waals surface area contributed by atoms with Crippen LogP contribution in [0.2, 0.25) is 0 Å². The Bertz CT molecular complexity index is 766. The van der Waals surface area contributed by atoms with E-state index in [0.29, 0.717) is 5.56 Å². The highest BCUT2D eigenvalue weighted by Gasteiger charge is 2.18. The van der Waals surface area contributed by atoms with Crippen LogP contribution in [0.25, 0.3) is 21.5 Å². The van der Waals surface area contributed by atoms with Gasteiger partial charge in [-0.3, -0.25) is 0 Å². The first-order valence-corrected chi connectivity index (χ1v) is 7.82. The molecule has 0 amide bonds. The molecule has 0 fully saturated rings. The van der Waals surface area contributed by atoms with Crippen LogP contribution in [-0.4, -0.2) is 12.1 Å². The summed E-state index contributed by atoms with van der Waals surface area (Å²) < 4.78 is 5.65. The molecule has 2 nitrogen and oxygen atoms in total. The fourth-order valence-corrected chi connectivity index (χ4v) is 2.94. The Morgan fingerprint density at radius 2 is 1.55 bits per heavy atom. The van der Waals surface area contributed by atoms with Crippen molar-refractivity contribution in [1.29, 1.82) is 0 Å². The first-order chi connectivity index (χ1) is 10.7. The van der Waals surface area contributed by atoms with Crippen LogP contribution in [0.4, 0.5) is 0 Å². The minimum Gasteiger partial charge on any atom is -0.459 e. The molecule has 1 atom stereocenters. The van der Waals surface area contributed by atoms with Gasteiger partial charge in [-0.05, 0) is 41.0 Å². The van der Waals surface area contributed by atoms with Crippen molar-refractivity contribution in [3.63, 3.8) is 0 Å². The van der Waals surface area contributed by atoms with Gasteiger partial charge in [0.25, 0.3) is 0 Å². The van der Waals surface area contributed by atoms with E-state index in [9.17, 15) is 4.79 Å². The highest BCUT2D eigenvalue weighted by Crippen LogP contribution is 2.29. The van der Waals surface area contributed by atoms with E-state index in [4.69, 9.17) is 4.74 Å². The maximum absolute atomic E-state index is 12.7. The van der Waals surface area contributed by atoms with E-state index in [0.717, 1.165) is 34.4 Å². The second-order valence-corrected chi connectivity index (χ2v) is 5.70. The molecule has 0 saturated heterocycles. The zero-order valence-electron chi connectivity index (χ0n) is 13.0. The van der Waals surface area contributed by atoms with Crippen molar-refractivity contribution in [2.24, 2.45) is 0 Å². The van der Waals surface area contributed by atoms with Crippen LogP contribution in [0.15, 0.2) is 54.6 Å². The molecule has 0 N–H and O–H groups in total. The third kappa shape index (κ3) is 2.69. The molecule has 112 valence electrons. The van der Waals surface area contributed by atoms with Gasteiger partial charge in [0.15, 0.2) is 0 Å². The number of fused-ring (bicyclic) bond motifs is 2. The highest BCUT2D eigenvalue weighted by atomic mass is 16.5. The van der Waals surface area contributed by atoms with Crippen molar-refractivity contribution >= 4 is 27.5 Å². The van der Waals surface area contributed by atoms with Gasteiger partial charge in [-0.25, -0.2) is 4.79 Å². The molecule has 22 heavy (non-hydrogen) atoms. The molecule has 0 heterocycles. The predicted octanol–water partition coefficient (Wildman–Crippen LogP) is 5.34. The number of benzene rings is 3. The summed E-state index contributed by atoms with van der Waals surface area (Å²) >= 11 is 0. The van der Waals surface area contributed by atoms with E-state index in [2.05, 4.69) is 13.0 Å². The third-order valence-corrected chi connectivity index (χ3v) is 3.98. The van der Waals surface area contributed by atoms with Crippen LogP contribution in [0.1, 0.15) is 37.0 Å². The summed E-state index contributed by atoms with van der Waals surface area (Å²) in [7, 11) is 0. The highest BCUT2D eigenvalue weighted by molar-refractivity contribution is 6.16. The van der Waals surface area contributed by atoms with Crippen LogP contribution in [0, 0.1) is 0 Å². The summed E-state index contributed by atoms with van der Waals surface area (Å²) in [6.07, 6.45) is 1.83. The normalized spacial score (nSPS) is 12.5. The molecule has 0 unspecified atom stereocenters.